The first kappa shape index (κ1) is 31.9. The predicted molar refractivity (Wildman–Crippen MR) is 166 cm³/mol. The SMILES string of the molecule is [C-]#[N+][C@@](c1cccc(F)c1)(C1CCN(CC2CN(c3ccc(C#N)c(CN(C)C)c3F)C2)CC1)[C@H]1CCC[C@@H]1CC(=O)OC. The third-order valence-corrected chi connectivity index (χ3v) is 10.2. The Bertz CT molecular complexity index is 1420. The monoisotopic (exact) mass is 603 g/mol. The van der Waals surface area contributed by atoms with Gasteiger partial charge in [-0.1, -0.05) is 18.6 Å². The van der Waals surface area contributed by atoms with Gasteiger partial charge in [0.05, 0.1) is 24.4 Å². The average molecular weight is 604 g/mol. The summed E-state index contributed by atoms with van der Waals surface area (Å²) in [4.78, 5) is 23.0. The summed E-state index contributed by atoms with van der Waals surface area (Å²) in [5.41, 5.74) is 1.24. The van der Waals surface area contributed by atoms with Crippen molar-refractivity contribution in [1.82, 2.24) is 9.80 Å². The molecule has 0 radical (unpaired) electrons. The minimum Gasteiger partial charge on any atom is -0.469 e. The molecule has 7 nitrogen and oxygen atoms in total. The molecule has 2 heterocycles. The van der Waals surface area contributed by atoms with Crippen LogP contribution in [0, 0.1) is 53.2 Å². The van der Waals surface area contributed by atoms with Crippen LogP contribution in [0.15, 0.2) is 36.4 Å². The number of halogens is 2. The minimum atomic E-state index is -0.881. The van der Waals surface area contributed by atoms with E-state index in [0.717, 1.165) is 70.4 Å². The first-order chi connectivity index (χ1) is 21.2. The summed E-state index contributed by atoms with van der Waals surface area (Å²) in [6.07, 6.45) is 4.62. The summed E-state index contributed by atoms with van der Waals surface area (Å²) in [5, 5.41) is 9.46. The Hall–Kier alpha value is -3.53. The molecule has 234 valence electrons. The van der Waals surface area contributed by atoms with Crippen LogP contribution in [0.4, 0.5) is 14.5 Å². The number of piperidine rings is 1. The zero-order valence-electron chi connectivity index (χ0n) is 26.1. The molecule has 0 N–H and O–H groups in total. The number of rotatable bonds is 10. The van der Waals surface area contributed by atoms with Crippen molar-refractivity contribution < 1.29 is 18.3 Å². The number of esters is 1. The molecule has 3 aliphatic rings. The fourth-order valence-electron chi connectivity index (χ4n) is 8.12. The summed E-state index contributed by atoms with van der Waals surface area (Å²) < 4.78 is 35.0. The molecule has 1 aliphatic carbocycles. The molecular weight excluding hydrogens is 560 g/mol. The highest BCUT2D eigenvalue weighted by Gasteiger charge is 2.58. The van der Waals surface area contributed by atoms with E-state index >= 15 is 4.39 Å². The lowest BCUT2D eigenvalue weighted by Gasteiger charge is -2.46. The summed E-state index contributed by atoms with van der Waals surface area (Å²) in [6, 6.07) is 12.1. The van der Waals surface area contributed by atoms with Gasteiger partial charge in [-0.2, -0.15) is 5.26 Å². The number of methoxy groups -OCH3 is 1. The topological polar surface area (TPSA) is 64.2 Å². The van der Waals surface area contributed by atoms with Crippen LogP contribution in [-0.2, 0) is 21.6 Å². The Morgan fingerprint density at radius 2 is 1.91 bits per heavy atom. The highest BCUT2D eigenvalue weighted by Crippen LogP contribution is 2.54. The van der Waals surface area contributed by atoms with Gasteiger partial charge in [-0.15, -0.1) is 0 Å². The Labute approximate surface area is 260 Å². The highest BCUT2D eigenvalue weighted by molar-refractivity contribution is 5.69. The normalized spacial score (nSPS) is 22.7. The molecule has 9 heteroatoms. The van der Waals surface area contributed by atoms with Crippen molar-refractivity contribution in [3.63, 3.8) is 0 Å². The van der Waals surface area contributed by atoms with Crippen LogP contribution in [0.25, 0.3) is 4.85 Å². The molecule has 1 saturated carbocycles. The van der Waals surface area contributed by atoms with Gasteiger partial charge in [0.1, 0.15) is 5.82 Å². The Morgan fingerprint density at radius 3 is 2.55 bits per heavy atom. The van der Waals surface area contributed by atoms with Crippen LogP contribution in [0.3, 0.4) is 0 Å². The average Bonchev–Trinajstić information content (AvgIpc) is 3.45. The largest absolute Gasteiger partial charge is 0.469 e. The fraction of sp³-hybridized carbons (Fsp3) is 0.571. The molecule has 0 aromatic heterocycles. The van der Waals surface area contributed by atoms with Gasteiger partial charge in [-0.3, -0.25) is 4.79 Å². The van der Waals surface area contributed by atoms with Crippen LogP contribution in [0.1, 0.15) is 55.2 Å². The Morgan fingerprint density at radius 1 is 1.16 bits per heavy atom. The molecule has 5 rings (SSSR count). The van der Waals surface area contributed by atoms with Crippen LogP contribution in [0.2, 0.25) is 0 Å². The quantitative estimate of drug-likeness (QED) is 0.251. The molecule has 0 unspecified atom stereocenters. The van der Waals surface area contributed by atoms with E-state index in [1.165, 1.54) is 19.2 Å². The molecule has 44 heavy (non-hydrogen) atoms. The van der Waals surface area contributed by atoms with Crippen LogP contribution >= 0.6 is 0 Å². The maximum absolute atomic E-state index is 15.4. The van der Waals surface area contributed by atoms with Gasteiger partial charge in [0.2, 0.25) is 0 Å². The molecule has 2 aliphatic heterocycles. The Kier molecular flexibility index (Phi) is 9.87. The first-order valence-electron chi connectivity index (χ1n) is 15.7. The summed E-state index contributed by atoms with van der Waals surface area (Å²) in [6.45, 7) is 13.1. The number of likely N-dealkylation sites (tertiary alicyclic amines) is 1. The van der Waals surface area contributed by atoms with Crippen molar-refractivity contribution in [3.8, 4) is 6.07 Å². The molecular formula is C35H43F2N5O2. The number of ether oxygens (including phenoxy) is 1. The number of hydrogen-bond donors (Lipinski definition) is 0. The number of benzene rings is 2. The van der Waals surface area contributed by atoms with Crippen LogP contribution in [0.5, 0.6) is 0 Å². The molecule has 0 amide bonds. The zero-order valence-corrected chi connectivity index (χ0v) is 26.1. The number of nitrogens with zero attached hydrogens (tertiary/aromatic N) is 5. The molecule has 0 spiro atoms. The predicted octanol–water partition coefficient (Wildman–Crippen LogP) is 5.84. The molecule has 2 aromatic carbocycles. The second-order valence-corrected chi connectivity index (χ2v) is 13.1. The number of carbonyl (C=O) groups excluding carboxylic acids is 1. The van der Waals surface area contributed by atoms with Gasteiger partial charge in [0.15, 0.2) is 5.82 Å². The van der Waals surface area contributed by atoms with E-state index in [0.29, 0.717) is 35.7 Å². The van der Waals surface area contributed by atoms with Crippen molar-refractivity contribution in [3.05, 3.63) is 76.1 Å². The van der Waals surface area contributed by atoms with Crippen molar-refractivity contribution in [2.75, 3.05) is 58.8 Å². The second-order valence-electron chi connectivity index (χ2n) is 13.1. The molecule has 3 fully saturated rings. The van der Waals surface area contributed by atoms with E-state index in [1.54, 1.807) is 18.2 Å². The maximum Gasteiger partial charge on any atom is 0.305 e. The minimum absolute atomic E-state index is 0.0302. The molecule has 0 bridgehead atoms. The van der Waals surface area contributed by atoms with Gasteiger partial charge < -0.3 is 24.3 Å². The third-order valence-electron chi connectivity index (χ3n) is 10.2. The number of anilines is 1. The summed E-state index contributed by atoms with van der Waals surface area (Å²) in [7, 11) is 5.14. The first-order valence-corrected chi connectivity index (χ1v) is 15.7. The van der Waals surface area contributed by atoms with Gasteiger partial charge in [0.25, 0.3) is 5.54 Å². The number of hydrogen-bond acceptors (Lipinski definition) is 6. The molecule has 2 aromatic rings. The van der Waals surface area contributed by atoms with Crippen LogP contribution < -0.4 is 4.90 Å². The van der Waals surface area contributed by atoms with Crippen molar-refractivity contribution in [1.29, 1.82) is 5.26 Å². The van der Waals surface area contributed by atoms with Crippen LogP contribution in [-0.4, -0.2) is 69.7 Å². The lowest BCUT2D eigenvalue weighted by Crippen LogP contribution is -2.54. The third kappa shape index (κ3) is 6.32. The summed E-state index contributed by atoms with van der Waals surface area (Å²) in [5.74, 6) is -0.412. The summed E-state index contributed by atoms with van der Waals surface area (Å²) >= 11 is 0. The van der Waals surface area contributed by atoms with E-state index in [4.69, 9.17) is 11.3 Å². The lowest BCUT2D eigenvalue weighted by atomic mass is 9.63. The van der Waals surface area contributed by atoms with Crippen molar-refractivity contribution in [2.45, 2.75) is 50.6 Å². The van der Waals surface area contributed by atoms with Gasteiger partial charge in [-0.25, -0.2) is 15.4 Å². The van der Waals surface area contributed by atoms with E-state index in [9.17, 15) is 14.4 Å². The smallest absolute Gasteiger partial charge is 0.305 e. The van der Waals surface area contributed by atoms with Gasteiger partial charge in [-0.05, 0) is 83.1 Å². The standard InChI is InChI=1S/C35H43F2N5O2/c1-39-35(28-8-6-9-29(36)18-28,31-10-5-7-25(31)17-33(43)44-4)27-13-15-41(16-14-27)20-24-21-42(22-24)32-12-11-26(19-38)30(34(32)37)23-40(2)3/h6,8-9,11-12,18,24-25,27,31H,5,7,10,13-17,20-23H2,2-4H3/t25-,31+,35-/m1/s1. The fourth-order valence-corrected chi connectivity index (χ4v) is 8.12. The second kappa shape index (κ2) is 13.6. The van der Waals surface area contributed by atoms with E-state index in [1.807, 2.05) is 25.1 Å². The molecule has 3 atom stereocenters. The van der Waals surface area contributed by atoms with Gasteiger partial charge >= 0.3 is 5.97 Å². The van der Waals surface area contributed by atoms with Crippen molar-refractivity contribution in [2.24, 2.45) is 23.7 Å². The molecule has 2 saturated heterocycles. The number of carbonyl (C=O) groups is 1. The highest BCUT2D eigenvalue weighted by atomic mass is 19.1. The van der Waals surface area contributed by atoms with E-state index in [2.05, 4.69) is 20.7 Å². The number of nitriles is 1. The van der Waals surface area contributed by atoms with E-state index in [-0.39, 0.29) is 35.4 Å². The zero-order chi connectivity index (χ0) is 31.4. The van der Waals surface area contributed by atoms with Crippen molar-refractivity contribution >= 4 is 11.7 Å². The Balaban J connectivity index is 1.26. The maximum atomic E-state index is 15.4. The van der Waals surface area contributed by atoms with Gasteiger partial charge in [0, 0.05) is 61.5 Å². The van der Waals surface area contributed by atoms with E-state index < -0.39 is 5.54 Å². The lowest BCUT2D eigenvalue weighted by molar-refractivity contribution is -0.142.